The van der Waals surface area contributed by atoms with Crippen molar-refractivity contribution < 1.29 is 33.8 Å². The van der Waals surface area contributed by atoms with E-state index in [2.05, 4.69) is 36.0 Å². The van der Waals surface area contributed by atoms with Gasteiger partial charge in [0, 0.05) is 42.9 Å². The first-order chi connectivity index (χ1) is 27.5. The van der Waals surface area contributed by atoms with Gasteiger partial charge in [0.1, 0.15) is 11.8 Å². The largest absolute Gasteiger partial charge is 0.482 e. The summed E-state index contributed by atoms with van der Waals surface area (Å²) in [4.78, 5) is 60.9. The molecule has 0 aliphatic heterocycles. The molecule has 4 atom stereocenters. The molecule has 0 bridgehead atoms. The highest BCUT2D eigenvalue weighted by atomic mass is 16.5. The van der Waals surface area contributed by atoms with Gasteiger partial charge in [0.25, 0.3) is 5.91 Å². The van der Waals surface area contributed by atoms with Gasteiger partial charge in [0.05, 0.1) is 31.1 Å². The van der Waals surface area contributed by atoms with Crippen LogP contribution in [0.5, 0.6) is 5.75 Å². The monoisotopic (exact) mass is 794 g/mol. The van der Waals surface area contributed by atoms with Crippen molar-refractivity contribution in [1.29, 1.82) is 0 Å². The maximum absolute atomic E-state index is 14.4. The fourth-order valence-electron chi connectivity index (χ4n) is 6.51. The SMILES string of the molecule is COC(=O)NCC(C)(C)CC(=O)NCCC(O)C(NC(=O)C(NC(=O)COc1ccc(C)nc1)C(C)(C)C)C(Cc1ccc(-c2ccccn2)cc1)c1ccccc1. The van der Waals surface area contributed by atoms with Crippen molar-refractivity contribution in [2.75, 3.05) is 26.8 Å². The third-order valence-electron chi connectivity index (χ3n) is 9.74. The number of pyridine rings is 2. The number of aromatic nitrogens is 2. The summed E-state index contributed by atoms with van der Waals surface area (Å²) < 4.78 is 10.3. The molecule has 0 radical (unpaired) electrons. The highest BCUT2D eigenvalue weighted by Gasteiger charge is 2.38. The second kappa shape index (κ2) is 21.1. The summed E-state index contributed by atoms with van der Waals surface area (Å²) in [5.41, 5.74) is 3.18. The van der Waals surface area contributed by atoms with Crippen LogP contribution >= 0.6 is 0 Å². The molecule has 0 fully saturated rings. The molecule has 310 valence electrons. The number of nitrogens with zero attached hydrogens (tertiary/aromatic N) is 2. The Bertz CT molecular complexity index is 1920. The van der Waals surface area contributed by atoms with Crippen LogP contribution in [0.2, 0.25) is 0 Å². The van der Waals surface area contributed by atoms with E-state index in [0.717, 1.165) is 28.1 Å². The molecule has 0 saturated carbocycles. The van der Waals surface area contributed by atoms with Crippen molar-refractivity contribution in [3.05, 3.63) is 114 Å². The quantitative estimate of drug-likeness (QED) is 0.0818. The fraction of sp³-hybridized carbons (Fsp3) is 0.422. The summed E-state index contributed by atoms with van der Waals surface area (Å²) in [7, 11) is 1.28. The normalized spacial score (nSPS) is 13.6. The molecule has 4 amide bonds. The number of rotatable bonds is 19. The first kappa shape index (κ1) is 44.9. The van der Waals surface area contributed by atoms with Crippen LogP contribution in [0.15, 0.2) is 97.3 Å². The molecule has 2 aromatic carbocycles. The van der Waals surface area contributed by atoms with E-state index >= 15 is 0 Å². The highest BCUT2D eigenvalue weighted by Crippen LogP contribution is 2.30. The Morgan fingerprint density at radius 1 is 0.810 bits per heavy atom. The summed E-state index contributed by atoms with van der Waals surface area (Å²) in [6, 6.07) is 25.1. The zero-order valence-electron chi connectivity index (χ0n) is 34.6. The molecule has 5 N–H and O–H groups in total. The van der Waals surface area contributed by atoms with Crippen LogP contribution in [0.25, 0.3) is 11.3 Å². The van der Waals surface area contributed by atoms with E-state index in [-0.39, 0.29) is 38.4 Å². The van der Waals surface area contributed by atoms with Crippen molar-refractivity contribution in [1.82, 2.24) is 31.2 Å². The number of alkyl carbamates (subject to hydrolysis) is 1. The van der Waals surface area contributed by atoms with Crippen molar-refractivity contribution in [3.8, 4) is 17.0 Å². The maximum Gasteiger partial charge on any atom is 0.406 e. The van der Waals surface area contributed by atoms with Crippen molar-refractivity contribution in [2.45, 2.75) is 84.9 Å². The van der Waals surface area contributed by atoms with Crippen molar-refractivity contribution in [3.63, 3.8) is 0 Å². The molecule has 4 rings (SSSR count). The Balaban J connectivity index is 1.58. The van der Waals surface area contributed by atoms with E-state index in [4.69, 9.17) is 4.74 Å². The smallest absolute Gasteiger partial charge is 0.406 e. The lowest BCUT2D eigenvalue weighted by atomic mass is 9.81. The van der Waals surface area contributed by atoms with Gasteiger partial charge in [0.2, 0.25) is 11.8 Å². The van der Waals surface area contributed by atoms with Gasteiger partial charge in [-0.2, -0.15) is 0 Å². The van der Waals surface area contributed by atoms with Crippen molar-refractivity contribution in [2.24, 2.45) is 10.8 Å². The number of carbonyl (C=O) groups excluding carboxylic acids is 4. The standard InChI is InChI=1S/C45H58N6O7/c1-30-16-21-34(27-48-30)58-28-39(54)50-41(44(2,3)4)42(55)51-40(37(52)22-24-47-38(53)26-45(5,6)29-49-43(56)57-7)35(32-13-9-8-10-14-32)25-31-17-19-33(20-18-31)36-15-11-12-23-46-36/h8-21,23,27,35,37,40-41,52H,22,24-26,28-29H2,1-7H3,(H,47,53)(H,49,56)(H,50,54)(H,51,55). The summed E-state index contributed by atoms with van der Waals surface area (Å²) in [5, 5.41) is 23.6. The summed E-state index contributed by atoms with van der Waals surface area (Å²) in [6.45, 7) is 11.1. The molecule has 0 aliphatic carbocycles. The van der Waals surface area contributed by atoms with Crippen LogP contribution < -0.4 is 26.0 Å². The van der Waals surface area contributed by atoms with Gasteiger partial charge in [0.15, 0.2) is 6.61 Å². The molecular formula is C45H58N6O7. The van der Waals surface area contributed by atoms with Crippen LogP contribution in [-0.4, -0.2) is 83.9 Å². The van der Waals surface area contributed by atoms with Gasteiger partial charge in [-0.15, -0.1) is 0 Å². The average molecular weight is 795 g/mol. The van der Waals surface area contributed by atoms with Crippen molar-refractivity contribution >= 4 is 23.8 Å². The minimum absolute atomic E-state index is 0.116. The Hall–Kier alpha value is -5.82. The van der Waals surface area contributed by atoms with Gasteiger partial charge in [-0.3, -0.25) is 24.4 Å². The minimum Gasteiger partial charge on any atom is -0.482 e. The molecule has 0 spiro atoms. The van der Waals surface area contributed by atoms with Crippen LogP contribution in [-0.2, 0) is 25.5 Å². The van der Waals surface area contributed by atoms with E-state index in [1.807, 2.05) is 114 Å². The van der Waals surface area contributed by atoms with Gasteiger partial charge in [-0.1, -0.05) is 95.3 Å². The van der Waals surface area contributed by atoms with Crippen LogP contribution in [0.3, 0.4) is 0 Å². The predicted molar refractivity (Wildman–Crippen MR) is 223 cm³/mol. The number of methoxy groups -OCH3 is 1. The van der Waals surface area contributed by atoms with E-state index < -0.39 is 52.8 Å². The van der Waals surface area contributed by atoms with Gasteiger partial charge in [-0.25, -0.2) is 4.79 Å². The zero-order valence-corrected chi connectivity index (χ0v) is 34.6. The number of nitrogens with one attached hydrogen (secondary N) is 4. The summed E-state index contributed by atoms with van der Waals surface area (Å²) in [6.07, 6.45) is 2.26. The summed E-state index contributed by atoms with van der Waals surface area (Å²) in [5.74, 6) is -1.22. The lowest BCUT2D eigenvalue weighted by Gasteiger charge is -2.36. The minimum atomic E-state index is -1.12. The molecule has 2 aromatic heterocycles. The topological polar surface area (TPSA) is 181 Å². The molecule has 13 heteroatoms. The van der Waals surface area contributed by atoms with Gasteiger partial charge < -0.3 is 35.8 Å². The Morgan fingerprint density at radius 3 is 2.14 bits per heavy atom. The number of aliphatic hydroxyl groups is 1. The van der Waals surface area contributed by atoms with E-state index in [9.17, 15) is 24.3 Å². The molecule has 4 unspecified atom stereocenters. The van der Waals surface area contributed by atoms with Crippen LogP contribution in [0, 0.1) is 17.8 Å². The second-order valence-electron chi connectivity index (χ2n) is 16.4. The fourth-order valence-corrected chi connectivity index (χ4v) is 6.51. The van der Waals surface area contributed by atoms with Crippen LogP contribution in [0.1, 0.15) is 70.2 Å². The number of aliphatic hydroxyl groups excluding tert-OH is 1. The average Bonchev–Trinajstić information content (AvgIpc) is 3.20. The molecule has 13 nitrogen and oxygen atoms in total. The van der Waals surface area contributed by atoms with E-state index in [1.54, 1.807) is 18.3 Å². The first-order valence-electron chi connectivity index (χ1n) is 19.5. The lowest BCUT2D eigenvalue weighted by Crippen LogP contribution is -2.59. The van der Waals surface area contributed by atoms with Gasteiger partial charge in [-0.05, 0) is 66.0 Å². The Kier molecular flexibility index (Phi) is 16.3. The van der Waals surface area contributed by atoms with Crippen LogP contribution in [0.4, 0.5) is 4.79 Å². The van der Waals surface area contributed by atoms with Gasteiger partial charge >= 0.3 is 6.09 Å². The molecular weight excluding hydrogens is 737 g/mol. The van der Waals surface area contributed by atoms with E-state index in [1.165, 1.54) is 13.3 Å². The summed E-state index contributed by atoms with van der Waals surface area (Å²) >= 11 is 0. The molecule has 0 saturated heterocycles. The number of carbonyl (C=O) groups is 4. The lowest BCUT2D eigenvalue weighted by molar-refractivity contribution is -0.133. The first-order valence-corrected chi connectivity index (χ1v) is 19.5. The molecule has 0 aliphatic rings. The van der Waals surface area contributed by atoms with E-state index in [0.29, 0.717) is 12.2 Å². The number of hydrogen-bond donors (Lipinski definition) is 5. The maximum atomic E-state index is 14.4. The number of ether oxygens (including phenoxy) is 2. The highest BCUT2D eigenvalue weighted by molar-refractivity contribution is 5.89. The number of hydrogen-bond acceptors (Lipinski definition) is 9. The predicted octanol–water partition coefficient (Wildman–Crippen LogP) is 5.51. The second-order valence-corrected chi connectivity index (χ2v) is 16.4. The molecule has 58 heavy (non-hydrogen) atoms. The third kappa shape index (κ3) is 14.3. The third-order valence-corrected chi connectivity index (χ3v) is 9.74. The molecule has 4 aromatic rings. The number of aryl methyl sites for hydroxylation is 1. The zero-order chi connectivity index (χ0) is 42.3. The Labute approximate surface area is 341 Å². The number of amides is 4. The number of benzene rings is 2. The molecule has 2 heterocycles. The Morgan fingerprint density at radius 2 is 1.52 bits per heavy atom.